The van der Waals surface area contributed by atoms with Gasteiger partial charge >= 0.3 is 5.97 Å². The SMILES string of the molecule is C[C@H](OC(=O)c1ccc(N)cc1)C(=O)NC1(C#N)CCCCC1. The smallest absolute Gasteiger partial charge is 0.338 e. The van der Waals surface area contributed by atoms with Gasteiger partial charge < -0.3 is 15.8 Å². The highest BCUT2D eigenvalue weighted by Gasteiger charge is 2.35. The lowest BCUT2D eigenvalue weighted by atomic mass is 9.83. The summed E-state index contributed by atoms with van der Waals surface area (Å²) in [4.78, 5) is 24.2. The highest BCUT2D eigenvalue weighted by atomic mass is 16.5. The van der Waals surface area contributed by atoms with Crippen molar-refractivity contribution in [3.8, 4) is 6.07 Å². The lowest BCUT2D eigenvalue weighted by Crippen LogP contribution is -2.52. The van der Waals surface area contributed by atoms with Gasteiger partial charge in [0.15, 0.2) is 6.10 Å². The molecule has 0 spiro atoms. The molecule has 0 heterocycles. The number of nitrogens with zero attached hydrogens (tertiary/aromatic N) is 1. The van der Waals surface area contributed by atoms with Crippen molar-refractivity contribution in [1.82, 2.24) is 5.32 Å². The van der Waals surface area contributed by atoms with Crippen molar-refractivity contribution in [3.63, 3.8) is 0 Å². The monoisotopic (exact) mass is 315 g/mol. The van der Waals surface area contributed by atoms with E-state index in [2.05, 4.69) is 11.4 Å². The number of carbonyl (C=O) groups excluding carboxylic acids is 2. The zero-order valence-electron chi connectivity index (χ0n) is 13.2. The minimum absolute atomic E-state index is 0.325. The Hall–Kier alpha value is -2.55. The fourth-order valence-electron chi connectivity index (χ4n) is 2.66. The van der Waals surface area contributed by atoms with E-state index in [1.165, 1.54) is 6.92 Å². The number of nitriles is 1. The maximum atomic E-state index is 12.2. The standard InChI is InChI=1S/C17H21N3O3/c1-12(23-16(22)13-5-7-14(19)8-6-13)15(21)20-17(11-18)9-3-2-4-10-17/h5-8,12H,2-4,9-10,19H2,1H3,(H,20,21)/t12-/m0/s1. The fraction of sp³-hybridized carbons (Fsp3) is 0.471. The van der Waals surface area contributed by atoms with Gasteiger partial charge in [0.05, 0.1) is 11.6 Å². The first kappa shape index (κ1) is 16.8. The van der Waals surface area contributed by atoms with Crippen LogP contribution in [0.15, 0.2) is 24.3 Å². The third-order valence-electron chi connectivity index (χ3n) is 4.08. The molecule has 2 rings (SSSR count). The van der Waals surface area contributed by atoms with Crippen LogP contribution in [0.25, 0.3) is 0 Å². The topological polar surface area (TPSA) is 105 Å². The largest absolute Gasteiger partial charge is 0.449 e. The number of benzene rings is 1. The minimum atomic E-state index is -0.966. The van der Waals surface area contributed by atoms with Gasteiger partial charge in [-0.2, -0.15) is 5.26 Å². The molecule has 6 heteroatoms. The zero-order valence-corrected chi connectivity index (χ0v) is 13.2. The van der Waals surface area contributed by atoms with Crippen LogP contribution in [0.5, 0.6) is 0 Å². The van der Waals surface area contributed by atoms with E-state index in [9.17, 15) is 14.9 Å². The van der Waals surface area contributed by atoms with Crippen LogP contribution in [0.2, 0.25) is 0 Å². The van der Waals surface area contributed by atoms with Crippen molar-refractivity contribution in [2.45, 2.75) is 50.7 Å². The Morgan fingerprint density at radius 1 is 1.26 bits per heavy atom. The molecule has 6 nitrogen and oxygen atoms in total. The summed E-state index contributed by atoms with van der Waals surface area (Å²) in [5, 5.41) is 12.1. The predicted molar refractivity (Wildman–Crippen MR) is 85.3 cm³/mol. The van der Waals surface area contributed by atoms with Gasteiger partial charge in [0.25, 0.3) is 5.91 Å². The molecule has 0 radical (unpaired) electrons. The fourth-order valence-corrected chi connectivity index (χ4v) is 2.66. The van der Waals surface area contributed by atoms with Crippen LogP contribution in [0.3, 0.4) is 0 Å². The summed E-state index contributed by atoms with van der Waals surface area (Å²) >= 11 is 0. The number of amides is 1. The summed E-state index contributed by atoms with van der Waals surface area (Å²) in [5.41, 5.74) is 5.60. The number of nitrogen functional groups attached to an aromatic ring is 1. The van der Waals surface area contributed by atoms with Crippen LogP contribution < -0.4 is 11.1 Å². The van der Waals surface area contributed by atoms with Gasteiger partial charge in [-0.15, -0.1) is 0 Å². The van der Waals surface area contributed by atoms with Crippen molar-refractivity contribution >= 4 is 17.6 Å². The third-order valence-corrected chi connectivity index (χ3v) is 4.08. The molecule has 1 aromatic carbocycles. The van der Waals surface area contributed by atoms with Gasteiger partial charge in [-0.05, 0) is 44.0 Å². The van der Waals surface area contributed by atoms with E-state index in [0.717, 1.165) is 19.3 Å². The summed E-state index contributed by atoms with van der Waals surface area (Å²) in [6, 6.07) is 8.47. The minimum Gasteiger partial charge on any atom is -0.449 e. The second-order valence-electron chi connectivity index (χ2n) is 5.91. The number of hydrogen-bond acceptors (Lipinski definition) is 5. The first-order valence-corrected chi connectivity index (χ1v) is 7.75. The summed E-state index contributed by atoms with van der Waals surface area (Å²) in [6.45, 7) is 1.50. The Morgan fingerprint density at radius 2 is 1.87 bits per heavy atom. The highest BCUT2D eigenvalue weighted by Crippen LogP contribution is 2.27. The summed E-state index contributed by atoms with van der Waals surface area (Å²) in [7, 11) is 0. The van der Waals surface area contributed by atoms with E-state index >= 15 is 0 Å². The van der Waals surface area contributed by atoms with Gasteiger partial charge in [0.2, 0.25) is 0 Å². The molecule has 1 aliphatic rings. The average Bonchev–Trinajstić information content (AvgIpc) is 2.56. The van der Waals surface area contributed by atoms with E-state index in [1.807, 2.05) is 0 Å². The first-order valence-electron chi connectivity index (χ1n) is 7.75. The molecule has 0 bridgehead atoms. The number of ether oxygens (including phenoxy) is 1. The molecule has 0 aromatic heterocycles. The second kappa shape index (κ2) is 7.14. The van der Waals surface area contributed by atoms with Gasteiger partial charge in [-0.1, -0.05) is 19.3 Å². The number of esters is 1. The Bertz CT molecular complexity index is 613. The van der Waals surface area contributed by atoms with Crippen LogP contribution in [0.4, 0.5) is 5.69 Å². The normalized spacial score (nSPS) is 17.6. The Morgan fingerprint density at radius 3 is 2.43 bits per heavy atom. The molecule has 1 aromatic rings. The van der Waals surface area contributed by atoms with E-state index in [-0.39, 0.29) is 0 Å². The zero-order chi connectivity index (χ0) is 16.9. The Kier molecular flexibility index (Phi) is 5.22. The molecule has 122 valence electrons. The molecule has 3 N–H and O–H groups in total. The summed E-state index contributed by atoms with van der Waals surface area (Å²) in [6.07, 6.45) is 3.19. The van der Waals surface area contributed by atoms with Crippen molar-refractivity contribution in [3.05, 3.63) is 29.8 Å². The lowest BCUT2D eigenvalue weighted by molar-refractivity contribution is -0.130. The van der Waals surface area contributed by atoms with E-state index in [0.29, 0.717) is 24.1 Å². The maximum absolute atomic E-state index is 12.2. The summed E-state index contributed by atoms with van der Waals surface area (Å²) in [5.74, 6) is -1.04. The molecular formula is C17H21N3O3. The van der Waals surface area contributed by atoms with E-state index in [1.54, 1.807) is 24.3 Å². The van der Waals surface area contributed by atoms with Gasteiger partial charge in [-0.25, -0.2) is 4.79 Å². The number of hydrogen-bond donors (Lipinski definition) is 2. The predicted octanol–water partition coefficient (Wildman–Crippen LogP) is 2.16. The van der Waals surface area contributed by atoms with Crippen molar-refractivity contribution < 1.29 is 14.3 Å². The molecule has 1 amide bonds. The van der Waals surface area contributed by atoms with Crippen LogP contribution in [0.1, 0.15) is 49.4 Å². The number of carbonyl (C=O) groups is 2. The van der Waals surface area contributed by atoms with Crippen LogP contribution in [-0.4, -0.2) is 23.5 Å². The van der Waals surface area contributed by atoms with E-state index in [4.69, 9.17) is 10.5 Å². The molecule has 0 unspecified atom stereocenters. The van der Waals surface area contributed by atoms with Crippen molar-refractivity contribution in [1.29, 1.82) is 5.26 Å². The van der Waals surface area contributed by atoms with Crippen molar-refractivity contribution in [2.75, 3.05) is 5.73 Å². The lowest BCUT2D eigenvalue weighted by Gasteiger charge is -2.32. The molecule has 1 atom stereocenters. The second-order valence-corrected chi connectivity index (χ2v) is 5.91. The quantitative estimate of drug-likeness (QED) is 0.654. The Balaban J connectivity index is 1.95. The molecule has 1 aliphatic carbocycles. The van der Waals surface area contributed by atoms with Crippen molar-refractivity contribution in [2.24, 2.45) is 0 Å². The average molecular weight is 315 g/mol. The Labute approximate surface area is 135 Å². The first-order chi connectivity index (χ1) is 11.0. The third kappa shape index (κ3) is 4.22. The van der Waals surface area contributed by atoms with Crippen LogP contribution in [0, 0.1) is 11.3 Å². The molecule has 1 fully saturated rings. The molecule has 0 saturated heterocycles. The number of nitrogens with one attached hydrogen (secondary N) is 1. The summed E-state index contributed by atoms with van der Waals surface area (Å²) < 4.78 is 5.17. The maximum Gasteiger partial charge on any atom is 0.338 e. The van der Waals surface area contributed by atoms with Gasteiger partial charge in [-0.3, -0.25) is 4.79 Å². The number of anilines is 1. The number of nitrogens with two attached hydrogens (primary N) is 1. The van der Waals surface area contributed by atoms with Gasteiger partial charge in [0.1, 0.15) is 5.54 Å². The molecule has 23 heavy (non-hydrogen) atoms. The molecule has 0 aliphatic heterocycles. The number of rotatable bonds is 4. The van der Waals surface area contributed by atoms with E-state index < -0.39 is 23.5 Å². The highest BCUT2D eigenvalue weighted by molar-refractivity contribution is 5.92. The van der Waals surface area contributed by atoms with Crippen LogP contribution >= 0.6 is 0 Å². The van der Waals surface area contributed by atoms with Gasteiger partial charge in [0, 0.05) is 5.69 Å². The molecule has 1 saturated carbocycles. The molecular weight excluding hydrogens is 294 g/mol. The van der Waals surface area contributed by atoms with Crippen LogP contribution in [-0.2, 0) is 9.53 Å².